The highest BCUT2D eigenvalue weighted by molar-refractivity contribution is 5.43. The van der Waals surface area contributed by atoms with E-state index in [9.17, 15) is 5.11 Å². The number of rotatable bonds is 12. The summed E-state index contributed by atoms with van der Waals surface area (Å²) in [6.07, 6.45) is 15.1. The third-order valence-electron chi connectivity index (χ3n) is 7.34. The molecule has 0 spiro atoms. The number of imidazole rings is 4. The second-order valence-corrected chi connectivity index (χ2v) is 10.5. The molecule has 0 saturated carbocycles. The van der Waals surface area contributed by atoms with Gasteiger partial charge in [0.2, 0.25) is 0 Å². The molecule has 1 aromatic carbocycles. The standard InChI is InChI=1S/C29H38N10O/c1-22-14-23(16-38(18-25-30-6-10-34(25)2)19-26-31-7-11-35(26)3)29(40)24(15-22)17-39(20-27-32-8-12-36(27)4)21-28-33-9-13-37(28)5/h6-15,40H,16-21H2,1-5H3. The number of aryl methyl sites for hydroxylation is 5. The number of phenols is 1. The van der Waals surface area contributed by atoms with Crippen LogP contribution in [0.15, 0.2) is 61.7 Å². The second kappa shape index (κ2) is 11.9. The molecule has 0 aliphatic rings. The molecule has 4 aromatic heterocycles. The lowest BCUT2D eigenvalue weighted by Crippen LogP contribution is -2.27. The first kappa shape index (κ1) is 27.4. The van der Waals surface area contributed by atoms with Crippen molar-refractivity contribution in [2.45, 2.75) is 46.2 Å². The minimum atomic E-state index is 0.319. The molecular weight excluding hydrogens is 504 g/mol. The summed E-state index contributed by atoms with van der Waals surface area (Å²) in [4.78, 5) is 22.7. The van der Waals surface area contributed by atoms with E-state index in [1.807, 2.05) is 96.0 Å². The van der Waals surface area contributed by atoms with E-state index in [-0.39, 0.29) is 0 Å². The predicted molar refractivity (Wildman–Crippen MR) is 152 cm³/mol. The minimum Gasteiger partial charge on any atom is -0.507 e. The number of aromatic hydroxyl groups is 1. The predicted octanol–water partition coefficient (Wildman–Crippen LogP) is 3.04. The molecule has 0 amide bonds. The maximum absolute atomic E-state index is 11.6. The maximum atomic E-state index is 11.6. The SMILES string of the molecule is Cc1cc(CN(Cc2nccn2C)Cc2nccn2C)c(O)c(CN(Cc2nccn2C)Cc2nccn2C)c1. The Bertz CT molecular complexity index is 1360. The summed E-state index contributed by atoms with van der Waals surface area (Å²) in [7, 11) is 8.01. The zero-order chi connectivity index (χ0) is 28.2. The quantitative estimate of drug-likeness (QED) is 0.259. The lowest BCUT2D eigenvalue weighted by Gasteiger charge is -2.25. The van der Waals surface area contributed by atoms with Gasteiger partial charge < -0.3 is 23.4 Å². The molecule has 4 heterocycles. The van der Waals surface area contributed by atoms with Crippen molar-refractivity contribution >= 4 is 0 Å². The highest BCUT2D eigenvalue weighted by Crippen LogP contribution is 2.29. The van der Waals surface area contributed by atoms with Gasteiger partial charge in [-0.05, 0) is 6.92 Å². The van der Waals surface area contributed by atoms with Gasteiger partial charge in [-0.25, -0.2) is 19.9 Å². The molecule has 0 radical (unpaired) electrons. The van der Waals surface area contributed by atoms with Crippen LogP contribution in [0, 0.1) is 6.92 Å². The first-order valence-corrected chi connectivity index (χ1v) is 13.4. The van der Waals surface area contributed by atoms with Gasteiger partial charge in [0, 0.05) is 102 Å². The Kier molecular flexibility index (Phi) is 8.13. The second-order valence-electron chi connectivity index (χ2n) is 10.5. The molecule has 11 nitrogen and oxygen atoms in total. The number of hydrogen-bond acceptors (Lipinski definition) is 7. The van der Waals surface area contributed by atoms with E-state index in [1.165, 1.54) is 0 Å². The fourth-order valence-electron chi connectivity index (χ4n) is 4.99. The molecule has 5 rings (SSSR count). The Hall–Kier alpha value is -4.22. The van der Waals surface area contributed by atoms with Crippen LogP contribution < -0.4 is 0 Å². The number of benzene rings is 1. The van der Waals surface area contributed by atoms with Crippen molar-refractivity contribution in [2.75, 3.05) is 0 Å². The number of hydrogen-bond donors (Lipinski definition) is 1. The van der Waals surface area contributed by atoms with Crippen molar-refractivity contribution in [1.29, 1.82) is 0 Å². The van der Waals surface area contributed by atoms with Gasteiger partial charge in [-0.1, -0.05) is 17.7 Å². The Labute approximate surface area is 235 Å². The highest BCUT2D eigenvalue weighted by atomic mass is 16.3. The molecule has 1 N–H and O–H groups in total. The Balaban J connectivity index is 1.42. The van der Waals surface area contributed by atoms with Crippen LogP contribution in [0.4, 0.5) is 0 Å². The van der Waals surface area contributed by atoms with Gasteiger partial charge in [-0.2, -0.15) is 0 Å². The molecule has 0 aliphatic carbocycles. The van der Waals surface area contributed by atoms with E-state index >= 15 is 0 Å². The third kappa shape index (κ3) is 6.32. The van der Waals surface area contributed by atoms with Crippen molar-refractivity contribution in [3.8, 4) is 5.75 Å². The Morgan fingerprint density at radius 1 is 0.550 bits per heavy atom. The van der Waals surface area contributed by atoms with Crippen molar-refractivity contribution in [3.63, 3.8) is 0 Å². The van der Waals surface area contributed by atoms with E-state index in [2.05, 4.69) is 48.8 Å². The molecule has 0 saturated heterocycles. The van der Waals surface area contributed by atoms with E-state index in [0.29, 0.717) is 45.0 Å². The Morgan fingerprint density at radius 2 is 0.850 bits per heavy atom. The summed E-state index contributed by atoms with van der Waals surface area (Å²) in [5.41, 5.74) is 2.87. The van der Waals surface area contributed by atoms with Crippen LogP contribution in [-0.4, -0.2) is 53.1 Å². The van der Waals surface area contributed by atoms with E-state index < -0.39 is 0 Å². The molecule has 210 valence electrons. The van der Waals surface area contributed by atoms with Gasteiger partial charge >= 0.3 is 0 Å². The molecule has 5 aromatic rings. The lowest BCUT2D eigenvalue weighted by atomic mass is 10.0. The monoisotopic (exact) mass is 542 g/mol. The van der Waals surface area contributed by atoms with Gasteiger partial charge in [0.15, 0.2) is 0 Å². The van der Waals surface area contributed by atoms with E-state index in [4.69, 9.17) is 0 Å². The zero-order valence-electron chi connectivity index (χ0n) is 23.9. The third-order valence-corrected chi connectivity index (χ3v) is 7.34. The zero-order valence-corrected chi connectivity index (χ0v) is 23.9. The molecule has 0 aliphatic heterocycles. The van der Waals surface area contributed by atoms with Crippen LogP contribution >= 0.6 is 0 Å². The van der Waals surface area contributed by atoms with Crippen molar-refractivity contribution in [1.82, 2.24) is 48.0 Å². The van der Waals surface area contributed by atoms with Crippen LogP contribution in [0.5, 0.6) is 5.75 Å². The van der Waals surface area contributed by atoms with Crippen molar-refractivity contribution in [3.05, 3.63) is 102 Å². The maximum Gasteiger partial charge on any atom is 0.124 e. The first-order chi connectivity index (χ1) is 19.3. The fraction of sp³-hybridized carbons (Fsp3) is 0.379. The Morgan fingerprint density at radius 3 is 1.10 bits per heavy atom. The molecule has 0 unspecified atom stereocenters. The van der Waals surface area contributed by atoms with Crippen LogP contribution in [0.2, 0.25) is 0 Å². The number of nitrogens with zero attached hydrogens (tertiary/aromatic N) is 10. The molecule has 0 fully saturated rings. The molecule has 0 bridgehead atoms. The average Bonchev–Trinajstić information content (AvgIpc) is 3.70. The normalized spacial score (nSPS) is 11.8. The summed E-state index contributed by atoms with van der Waals surface area (Å²) < 4.78 is 8.11. The van der Waals surface area contributed by atoms with Gasteiger partial charge in [0.05, 0.1) is 26.2 Å². The summed E-state index contributed by atoms with van der Waals surface area (Å²) in [5.74, 6) is 4.14. The topological polar surface area (TPSA) is 98.0 Å². The van der Waals surface area contributed by atoms with Gasteiger partial charge in [0.25, 0.3) is 0 Å². The van der Waals surface area contributed by atoms with Crippen LogP contribution in [0.1, 0.15) is 40.0 Å². The molecule has 11 heteroatoms. The molecular formula is C29H38N10O. The van der Waals surface area contributed by atoms with Crippen molar-refractivity contribution < 1.29 is 5.11 Å². The number of aromatic nitrogens is 8. The van der Waals surface area contributed by atoms with Gasteiger partial charge in [-0.3, -0.25) is 9.80 Å². The summed E-state index contributed by atoms with van der Waals surface area (Å²) in [6, 6.07) is 4.15. The summed E-state index contributed by atoms with van der Waals surface area (Å²) in [6.45, 7) is 5.70. The first-order valence-electron chi connectivity index (χ1n) is 13.4. The molecule has 0 atom stereocenters. The summed E-state index contributed by atoms with van der Waals surface area (Å²) in [5, 5.41) is 11.6. The van der Waals surface area contributed by atoms with E-state index in [1.54, 1.807) is 0 Å². The fourth-order valence-corrected chi connectivity index (χ4v) is 4.99. The highest BCUT2D eigenvalue weighted by Gasteiger charge is 2.20. The molecule has 40 heavy (non-hydrogen) atoms. The largest absolute Gasteiger partial charge is 0.507 e. The average molecular weight is 543 g/mol. The van der Waals surface area contributed by atoms with Gasteiger partial charge in [0.1, 0.15) is 29.0 Å². The van der Waals surface area contributed by atoms with Crippen LogP contribution in [-0.2, 0) is 67.5 Å². The van der Waals surface area contributed by atoms with Gasteiger partial charge in [-0.15, -0.1) is 0 Å². The summed E-state index contributed by atoms with van der Waals surface area (Å²) >= 11 is 0. The number of phenolic OH excluding ortho intramolecular Hbond substituents is 1. The van der Waals surface area contributed by atoms with Crippen LogP contribution in [0.3, 0.4) is 0 Å². The minimum absolute atomic E-state index is 0.319. The van der Waals surface area contributed by atoms with Crippen molar-refractivity contribution in [2.24, 2.45) is 28.2 Å². The van der Waals surface area contributed by atoms with E-state index in [0.717, 1.165) is 40.0 Å². The lowest BCUT2D eigenvalue weighted by molar-refractivity contribution is 0.221. The smallest absolute Gasteiger partial charge is 0.124 e. The van der Waals surface area contributed by atoms with Crippen LogP contribution in [0.25, 0.3) is 0 Å².